The molecule has 1 aromatic rings. The Morgan fingerprint density at radius 1 is 1.38 bits per heavy atom. The van der Waals surface area contributed by atoms with Crippen LogP contribution in [0.3, 0.4) is 0 Å². The molecule has 1 saturated heterocycles. The molecule has 4 nitrogen and oxygen atoms in total. The zero-order valence-corrected chi connectivity index (χ0v) is 14.0. The lowest BCUT2D eigenvalue weighted by atomic mass is 9.99. The lowest BCUT2D eigenvalue weighted by molar-refractivity contribution is 0.375. The van der Waals surface area contributed by atoms with Gasteiger partial charge in [0.2, 0.25) is 5.95 Å². The lowest BCUT2D eigenvalue weighted by Crippen LogP contribution is -2.39. The summed E-state index contributed by atoms with van der Waals surface area (Å²) in [5.74, 6) is 2.09. The Balaban J connectivity index is 2.16. The van der Waals surface area contributed by atoms with Crippen LogP contribution in [0.1, 0.15) is 57.3 Å². The van der Waals surface area contributed by atoms with Crippen molar-refractivity contribution in [2.45, 2.75) is 52.9 Å². The average molecular weight is 290 g/mol. The van der Waals surface area contributed by atoms with E-state index in [1.165, 1.54) is 19.4 Å². The first-order valence-electron chi connectivity index (χ1n) is 8.41. The van der Waals surface area contributed by atoms with Gasteiger partial charge in [-0.05, 0) is 57.2 Å². The number of nitrogens with one attached hydrogen (secondary N) is 1. The summed E-state index contributed by atoms with van der Waals surface area (Å²) in [7, 11) is 0. The van der Waals surface area contributed by atoms with Crippen molar-refractivity contribution in [3.8, 4) is 0 Å². The third-order valence-corrected chi connectivity index (χ3v) is 4.11. The van der Waals surface area contributed by atoms with Gasteiger partial charge in [-0.2, -0.15) is 0 Å². The van der Waals surface area contributed by atoms with E-state index in [1.54, 1.807) is 0 Å². The van der Waals surface area contributed by atoms with E-state index < -0.39 is 0 Å². The molecule has 1 unspecified atom stereocenters. The van der Waals surface area contributed by atoms with Gasteiger partial charge in [0.1, 0.15) is 0 Å². The molecule has 0 spiro atoms. The summed E-state index contributed by atoms with van der Waals surface area (Å²) in [6, 6.07) is 2.11. The molecule has 2 heterocycles. The summed E-state index contributed by atoms with van der Waals surface area (Å²) >= 11 is 0. The summed E-state index contributed by atoms with van der Waals surface area (Å²) in [4.78, 5) is 11.9. The molecule has 0 radical (unpaired) electrons. The Morgan fingerprint density at radius 3 is 2.81 bits per heavy atom. The van der Waals surface area contributed by atoms with Crippen LogP contribution in [0.15, 0.2) is 6.07 Å². The van der Waals surface area contributed by atoms with Gasteiger partial charge in [0, 0.05) is 24.5 Å². The normalized spacial score (nSPS) is 19.0. The molecule has 1 N–H and O–H groups in total. The summed E-state index contributed by atoms with van der Waals surface area (Å²) in [5.41, 5.74) is 2.23. The van der Waals surface area contributed by atoms with E-state index in [0.29, 0.717) is 5.92 Å². The fourth-order valence-corrected chi connectivity index (χ4v) is 2.95. The first-order chi connectivity index (χ1) is 10.1. The molecule has 4 heteroatoms. The third kappa shape index (κ3) is 4.67. The molecule has 1 aliphatic rings. The molecule has 21 heavy (non-hydrogen) atoms. The van der Waals surface area contributed by atoms with Crippen molar-refractivity contribution in [1.82, 2.24) is 15.3 Å². The van der Waals surface area contributed by atoms with Crippen LogP contribution in [-0.4, -0.2) is 36.1 Å². The number of anilines is 1. The number of hydrogen-bond acceptors (Lipinski definition) is 4. The number of hydrogen-bond donors (Lipinski definition) is 1. The maximum Gasteiger partial charge on any atom is 0.225 e. The Labute approximate surface area is 129 Å². The van der Waals surface area contributed by atoms with Crippen LogP contribution in [0.25, 0.3) is 0 Å². The fourth-order valence-electron chi connectivity index (χ4n) is 2.95. The van der Waals surface area contributed by atoms with E-state index in [4.69, 9.17) is 9.97 Å². The molecule has 2 rings (SSSR count). The number of aromatic nitrogens is 2. The van der Waals surface area contributed by atoms with Gasteiger partial charge >= 0.3 is 0 Å². The molecule has 0 saturated carbocycles. The van der Waals surface area contributed by atoms with Crippen molar-refractivity contribution in [3.63, 3.8) is 0 Å². The van der Waals surface area contributed by atoms with Gasteiger partial charge < -0.3 is 10.2 Å². The van der Waals surface area contributed by atoms with Crippen LogP contribution >= 0.6 is 0 Å². The van der Waals surface area contributed by atoms with Crippen molar-refractivity contribution >= 4 is 5.95 Å². The SMILES string of the molecule is CCCN(CC1CCCNC1)c1nc(C)cc(C(C)C)n1. The minimum absolute atomic E-state index is 0.449. The van der Waals surface area contributed by atoms with Crippen LogP contribution < -0.4 is 10.2 Å². The zero-order valence-electron chi connectivity index (χ0n) is 14.0. The van der Waals surface area contributed by atoms with Gasteiger partial charge in [-0.15, -0.1) is 0 Å². The molecule has 0 aromatic carbocycles. The highest BCUT2D eigenvalue weighted by Gasteiger charge is 2.19. The first-order valence-corrected chi connectivity index (χ1v) is 8.41. The standard InChI is InChI=1S/C17H30N4/c1-5-9-21(12-15-7-6-8-18-11-15)17-19-14(4)10-16(20-17)13(2)3/h10,13,15,18H,5-9,11-12H2,1-4H3. The molecule has 1 atom stereocenters. The lowest BCUT2D eigenvalue weighted by Gasteiger charge is -2.30. The number of aryl methyl sites for hydroxylation is 1. The largest absolute Gasteiger partial charge is 0.340 e. The molecule has 118 valence electrons. The van der Waals surface area contributed by atoms with E-state index in [1.807, 2.05) is 0 Å². The Bertz CT molecular complexity index is 438. The van der Waals surface area contributed by atoms with Crippen molar-refractivity contribution in [2.24, 2.45) is 5.92 Å². The van der Waals surface area contributed by atoms with Crippen LogP contribution in [0, 0.1) is 12.8 Å². The first kappa shape index (κ1) is 16.2. The maximum atomic E-state index is 4.81. The Morgan fingerprint density at radius 2 is 2.19 bits per heavy atom. The summed E-state index contributed by atoms with van der Waals surface area (Å²) in [5, 5.41) is 3.51. The van der Waals surface area contributed by atoms with E-state index in [-0.39, 0.29) is 0 Å². The van der Waals surface area contributed by atoms with Crippen LogP contribution in [-0.2, 0) is 0 Å². The minimum atomic E-state index is 0.449. The highest BCUT2D eigenvalue weighted by Crippen LogP contribution is 2.20. The zero-order chi connectivity index (χ0) is 15.2. The van der Waals surface area contributed by atoms with E-state index in [9.17, 15) is 0 Å². The quantitative estimate of drug-likeness (QED) is 0.874. The van der Waals surface area contributed by atoms with Gasteiger partial charge in [-0.3, -0.25) is 0 Å². The topological polar surface area (TPSA) is 41.0 Å². The fraction of sp³-hybridized carbons (Fsp3) is 0.765. The smallest absolute Gasteiger partial charge is 0.225 e. The van der Waals surface area contributed by atoms with E-state index in [2.05, 4.69) is 44.0 Å². The van der Waals surface area contributed by atoms with Crippen molar-refractivity contribution in [1.29, 1.82) is 0 Å². The highest BCUT2D eigenvalue weighted by atomic mass is 15.3. The molecule has 1 aromatic heterocycles. The molecule has 0 amide bonds. The van der Waals surface area contributed by atoms with Gasteiger partial charge in [0.15, 0.2) is 0 Å². The monoisotopic (exact) mass is 290 g/mol. The predicted molar refractivity (Wildman–Crippen MR) is 89.0 cm³/mol. The highest BCUT2D eigenvalue weighted by molar-refractivity contribution is 5.33. The summed E-state index contributed by atoms with van der Waals surface area (Å²) < 4.78 is 0. The number of nitrogens with zero attached hydrogens (tertiary/aromatic N) is 3. The molecular weight excluding hydrogens is 260 g/mol. The summed E-state index contributed by atoms with van der Waals surface area (Å²) in [6.45, 7) is 13.1. The van der Waals surface area contributed by atoms with E-state index in [0.717, 1.165) is 49.3 Å². The van der Waals surface area contributed by atoms with Gasteiger partial charge in [-0.25, -0.2) is 9.97 Å². The second-order valence-electron chi connectivity index (χ2n) is 6.55. The number of piperidine rings is 1. The Kier molecular flexibility index (Phi) is 5.97. The average Bonchev–Trinajstić information content (AvgIpc) is 2.47. The maximum absolute atomic E-state index is 4.81. The van der Waals surface area contributed by atoms with Crippen LogP contribution in [0.4, 0.5) is 5.95 Å². The van der Waals surface area contributed by atoms with Gasteiger partial charge in [-0.1, -0.05) is 20.8 Å². The van der Waals surface area contributed by atoms with E-state index >= 15 is 0 Å². The van der Waals surface area contributed by atoms with Gasteiger partial charge in [0.25, 0.3) is 0 Å². The van der Waals surface area contributed by atoms with Crippen molar-refractivity contribution in [3.05, 3.63) is 17.5 Å². The molecule has 1 fully saturated rings. The predicted octanol–water partition coefficient (Wildman–Crippen LogP) is 3.12. The van der Waals surface area contributed by atoms with Crippen molar-refractivity contribution in [2.75, 3.05) is 31.1 Å². The molecule has 0 aliphatic carbocycles. The Hall–Kier alpha value is -1.16. The summed E-state index contributed by atoms with van der Waals surface area (Å²) in [6.07, 6.45) is 3.74. The van der Waals surface area contributed by atoms with Crippen LogP contribution in [0.2, 0.25) is 0 Å². The number of rotatable bonds is 6. The van der Waals surface area contributed by atoms with Crippen molar-refractivity contribution < 1.29 is 0 Å². The molecule has 0 bridgehead atoms. The van der Waals surface area contributed by atoms with Crippen LogP contribution in [0.5, 0.6) is 0 Å². The third-order valence-electron chi connectivity index (χ3n) is 4.11. The molecular formula is C17H30N4. The minimum Gasteiger partial charge on any atom is -0.340 e. The van der Waals surface area contributed by atoms with Gasteiger partial charge in [0.05, 0.1) is 0 Å². The second-order valence-corrected chi connectivity index (χ2v) is 6.55. The second kappa shape index (κ2) is 7.74. The molecule has 1 aliphatic heterocycles.